The number of benzene rings is 1. The van der Waals surface area contributed by atoms with E-state index in [4.69, 9.17) is 12.2 Å². The van der Waals surface area contributed by atoms with Crippen LogP contribution in [0.5, 0.6) is 0 Å². The van der Waals surface area contributed by atoms with Gasteiger partial charge in [0, 0.05) is 21.3 Å². The molecule has 70 valence electrons. The number of rotatable bonds is 0. The van der Waals surface area contributed by atoms with Gasteiger partial charge in [-0.05, 0) is 29.9 Å². The molecule has 0 spiro atoms. The summed E-state index contributed by atoms with van der Waals surface area (Å²) in [5.41, 5.74) is 3.91. The SMILES string of the molecule is S=c1[nH]c2c(s1)Cc1cc(Br)ccc1-2. The molecular formula is C10H6BrNS2. The summed E-state index contributed by atoms with van der Waals surface area (Å²) in [4.78, 5) is 4.61. The summed E-state index contributed by atoms with van der Waals surface area (Å²) in [6.07, 6.45) is 1.02. The van der Waals surface area contributed by atoms with E-state index in [0.29, 0.717) is 0 Å². The second kappa shape index (κ2) is 3.02. The topological polar surface area (TPSA) is 15.8 Å². The first kappa shape index (κ1) is 8.83. The first-order valence-corrected chi connectivity index (χ1v) is 6.26. The highest BCUT2D eigenvalue weighted by Gasteiger charge is 2.20. The Balaban J connectivity index is 2.30. The molecule has 1 aliphatic rings. The van der Waals surface area contributed by atoms with Gasteiger partial charge < -0.3 is 4.98 Å². The maximum atomic E-state index is 5.13. The third kappa shape index (κ3) is 1.21. The summed E-state index contributed by atoms with van der Waals surface area (Å²) in [7, 11) is 0. The highest BCUT2D eigenvalue weighted by molar-refractivity contribution is 9.10. The lowest BCUT2D eigenvalue weighted by atomic mass is 10.1. The molecule has 0 saturated heterocycles. The predicted molar refractivity (Wildman–Crippen MR) is 65.4 cm³/mol. The van der Waals surface area contributed by atoms with Crippen LogP contribution in [0.15, 0.2) is 22.7 Å². The summed E-state index contributed by atoms with van der Waals surface area (Å²) >= 11 is 10.3. The number of aromatic nitrogens is 1. The van der Waals surface area contributed by atoms with Crippen molar-refractivity contribution in [3.05, 3.63) is 37.1 Å². The molecule has 3 rings (SSSR count). The Morgan fingerprint density at radius 3 is 3.14 bits per heavy atom. The van der Waals surface area contributed by atoms with E-state index in [0.717, 1.165) is 14.8 Å². The zero-order valence-electron chi connectivity index (χ0n) is 7.13. The van der Waals surface area contributed by atoms with Gasteiger partial charge in [-0.2, -0.15) is 0 Å². The van der Waals surface area contributed by atoms with Gasteiger partial charge in [0.25, 0.3) is 0 Å². The van der Waals surface area contributed by atoms with Crippen molar-refractivity contribution in [1.82, 2.24) is 4.98 Å². The number of hydrogen-bond donors (Lipinski definition) is 1. The van der Waals surface area contributed by atoms with Crippen LogP contribution in [0.3, 0.4) is 0 Å². The molecular weight excluding hydrogens is 278 g/mol. The van der Waals surface area contributed by atoms with Gasteiger partial charge in [-0.15, -0.1) is 11.3 Å². The van der Waals surface area contributed by atoms with E-state index in [1.807, 2.05) is 0 Å². The smallest absolute Gasteiger partial charge is 0.159 e. The van der Waals surface area contributed by atoms with Crippen molar-refractivity contribution in [2.24, 2.45) is 0 Å². The minimum absolute atomic E-state index is 0.878. The molecule has 0 bridgehead atoms. The van der Waals surface area contributed by atoms with Crippen LogP contribution in [0, 0.1) is 3.95 Å². The van der Waals surface area contributed by atoms with Crippen LogP contribution in [-0.4, -0.2) is 4.98 Å². The van der Waals surface area contributed by atoms with Gasteiger partial charge in [0.1, 0.15) is 0 Å². The van der Waals surface area contributed by atoms with Crippen LogP contribution in [-0.2, 0) is 6.42 Å². The zero-order valence-corrected chi connectivity index (χ0v) is 10.4. The van der Waals surface area contributed by atoms with Crippen molar-refractivity contribution in [3.8, 4) is 11.3 Å². The Bertz CT molecular complexity index is 568. The highest BCUT2D eigenvalue weighted by Crippen LogP contribution is 2.39. The van der Waals surface area contributed by atoms with Crippen molar-refractivity contribution in [2.75, 3.05) is 0 Å². The van der Waals surface area contributed by atoms with Crippen molar-refractivity contribution in [1.29, 1.82) is 0 Å². The molecule has 0 amide bonds. The van der Waals surface area contributed by atoms with Crippen molar-refractivity contribution in [2.45, 2.75) is 6.42 Å². The minimum atomic E-state index is 0.878. The molecule has 0 saturated carbocycles. The lowest BCUT2D eigenvalue weighted by Gasteiger charge is -1.98. The molecule has 1 aromatic carbocycles. The van der Waals surface area contributed by atoms with Gasteiger partial charge in [-0.3, -0.25) is 0 Å². The van der Waals surface area contributed by atoms with E-state index in [2.05, 4.69) is 39.1 Å². The van der Waals surface area contributed by atoms with E-state index in [-0.39, 0.29) is 0 Å². The Hall–Kier alpha value is -0.450. The normalized spacial score (nSPS) is 12.6. The van der Waals surface area contributed by atoms with E-state index in [1.54, 1.807) is 11.3 Å². The summed E-state index contributed by atoms with van der Waals surface area (Å²) in [5.74, 6) is 0. The molecule has 4 heteroatoms. The Morgan fingerprint density at radius 2 is 2.29 bits per heavy atom. The second-order valence-electron chi connectivity index (χ2n) is 3.29. The standard InChI is InChI=1S/C10H6BrNS2/c11-6-1-2-7-5(3-6)4-8-9(7)12-10(13)14-8/h1-3H,4H2,(H,12,13). The molecule has 2 aromatic rings. The zero-order chi connectivity index (χ0) is 9.71. The molecule has 1 heterocycles. The summed E-state index contributed by atoms with van der Waals surface area (Å²) in [5, 5.41) is 0. The number of aromatic amines is 1. The first-order chi connectivity index (χ1) is 6.74. The number of H-pyrrole nitrogens is 1. The van der Waals surface area contributed by atoms with Gasteiger partial charge in [0.2, 0.25) is 0 Å². The third-order valence-corrected chi connectivity index (χ3v) is 4.14. The number of thiazole rings is 1. The Kier molecular flexibility index (Phi) is 1.90. The van der Waals surface area contributed by atoms with E-state index >= 15 is 0 Å². The van der Waals surface area contributed by atoms with E-state index in [9.17, 15) is 0 Å². The monoisotopic (exact) mass is 283 g/mol. The van der Waals surface area contributed by atoms with Crippen LogP contribution in [0.1, 0.15) is 10.4 Å². The molecule has 0 unspecified atom stereocenters. The minimum Gasteiger partial charge on any atom is -0.337 e. The molecule has 1 aromatic heterocycles. The van der Waals surface area contributed by atoms with Crippen molar-refractivity contribution < 1.29 is 0 Å². The summed E-state index contributed by atoms with van der Waals surface area (Å²) in [6, 6.07) is 6.39. The fraction of sp³-hybridized carbons (Fsp3) is 0.100. The molecule has 0 radical (unpaired) electrons. The van der Waals surface area contributed by atoms with E-state index in [1.165, 1.54) is 21.7 Å². The van der Waals surface area contributed by atoms with Crippen LogP contribution in [0.2, 0.25) is 0 Å². The molecule has 1 aliphatic carbocycles. The average Bonchev–Trinajstić information content (AvgIpc) is 2.59. The Morgan fingerprint density at radius 1 is 1.43 bits per heavy atom. The molecule has 0 atom stereocenters. The molecule has 1 nitrogen and oxygen atoms in total. The maximum Gasteiger partial charge on any atom is 0.159 e. The number of fused-ring (bicyclic) bond motifs is 3. The Labute approximate surface area is 98.9 Å². The molecule has 1 N–H and O–H groups in total. The number of halogens is 1. The van der Waals surface area contributed by atoms with Crippen molar-refractivity contribution >= 4 is 39.5 Å². The maximum absolute atomic E-state index is 5.13. The summed E-state index contributed by atoms with van der Waals surface area (Å²) < 4.78 is 2.02. The molecule has 14 heavy (non-hydrogen) atoms. The van der Waals surface area contributed by atoms with E-state index < -0.39 is 0 Å². The van der Waals surface area contributed by atoms with Gasteiger partial charge in [0.05, 0.1) is 5.69 Å². The highest BCUT2D eigenvalue weighted by atomic mass is 79.9. The molecule has 0 aliphatic heterocycles. The second-order valence-corrected chi connectivity index (χ2v) is 5.98. The summed E-state index contributed by atoms with van der Waals surface area (Å²) in [6.45, 7) is 0. The quantitative estimate of drug-likeness (QED) is 0.613. The predicted octanol–water partition coefficient (Wildman–Crippen LogP) is 4.14. The fourth-order valence-corrected chi connectivity index (χ4v) is 3.51. The lowest BCUT2D eigenvalue weighted by Crippen LogP contribution is -1.80. The largest absolute Gasteiger partial charge is 0.337 e. The van der Waals surface area contributed by atoms with Crippen LogP contribution < -0.4 is 0 Å². The number of nitrogens with one attached hydrogen (secondary N) is 1. The van der Waals surface area contributed by atoms with Crippen molar-refractivity contribution in [3.63, 3.8) is 0 Å². The van der Waals surface area contributed by atoms with Gasteiger partial charge in [-0.25, -0.2) is 0 Å². The van der Waals surface area contributed by atoms with Crippen LogP contribution in [0.25, 0.3) is 11.3 Å². The lowest BCUT2D eigenvalue weighted by molar-refractivity contribution is 1.30. The first-order valence-electron chi connectivity index (χ1n) is 4.25. The fourth-order valence-electron chi connectivity index (χ4n) is 1.83. The average molecular weight is 284 g/mol. The van der Waals surface area contributed by atoms with Gasteiger partial charge in [-0.1, -0.05) is 22.0 Å². The molecule has 0 fully saturated rings. The van der Waals surface area contributed by atoms with Crippen LogP contribution >= 0.6 is 39.5 Å². The third-order valence-electron chi connectivity index (χ3n) is 2.41. The number of hydrogen-bond acceptors (Lipinski definition) is 2. The van der Waals surface area contributed by atoms with Gasteiger partial charge >= 0.3 is 0 Å². The van der Waals surface area contributed by atoms with Gasteiger partial charge in [0.15, 0.2) is 3.95 Å². The van der Waals surface area contributed by atoms with Crippen LogP contribution in [0.4, 0.5) is 0 Å².